The average molecular weight is 319 g/mol. The molecule has 4 heteroatoms. The van der Waals surface area contributed by atoms with Crippen molar-refractivity contribution in [3.8, 4) is 22.6 Å². The Bertz CT molecular complexity index is 831. The van der Waals surface area contributed by atoms with Crippen LogP contribution in [0.1, 0.15) is 0 Å². The van der Waals surface area contributed by atoms with E-state index in [4.69, 9.17) is 4.74 Å². The number of ether oxygens (including phenoxy) is 1. The highest BCUT2D eigenvalue weighted by Gasteiger charge is 2.08. The standard InChI is InChI=1S/C20H17NO3/c22-17-10-6-9-16(13-17)21-20(23)14-24-19-12-5-4-11-18(19)15-7-2-1-3-8-15/h1-13,22H,14H2,(H,21,23). The normalized spacial score (nSPS) is 10.2. The third-order valence-electron chi connectivity index (χ3n) is 3.46. The Hall–Kier alpha value is -3.27. The molecule has 2 N–H and O–H groups in total. The smallest absolute Gasteiger partial charge is 0.262 e. The molecular weight excluding hydrogens is 302 g/mol. The van der Waals surface area contributed by atoms with Gasteiger partial charge < -0.3 is 15.2 Å². The largest absolute Gasteiger partial charge is 0.508 e. The molecule has 3 aromatic carbocycles. The van der Waals surface area contributed by atoms with E-state index in [1.165, 1.54) is 6.07 Å². The molecule has 0 aliphatic rings. The Kier molecular flexibility index (Phi) is 4.77. The van der Waals surface area contributed by atoms with Gasteiger partial charge in [0.15, 0.2) is 6.61 Å². The second-order valence-electron chi connectivity index (χ2n) is 5.25. The molecule has 0 heterocycles. The van der Waals surface area contributed by atoms with Gasteiger partial charge in [0.2, 0.25) is 0 Å². The van der Waals surface area contributed by atoms with Crippen molar-refractivity contribution >= 4 is 11.6 Å². The van der Waals surface area contributed by atoms with Crippen molar-refractivity contribution in [3.63, 3.8) is 0 Å². The van der Waals surface area contributed by atoms with Gasteiger partial charge in [-0.1, -0.05) is 54.6 Å². The molecule has 0 unspecified atom stereocenters. The lowest BCUT2D eigenvalue weighted by Gasteiger charge is -2.12. The molecule has 3 rings (SSSR count). The lowest BCUT2D eigenvalue weighted by Crippen LogP contribution is -2.20. The molecule has 3 aromatic rings. The second-order valence-corrected chi connectivity index (χ2v) is 5.25. The van der Waals surface area contributed by atoms with E-state index in [-0.39, 0.29) is 18.3 Å². The van der Waals surface area contributed by atoms with E-state index in [0.717, 1.165) is 11.1 Å². The maximum Gasteiger partial charge on any atom is 0.262 e. The van der Waals surface area contributed by atoms with Crippen LogP contribution in [0.25, 0.3) is 11.1 Å². The minimum absolute atomic E-state index is 0.100. The third-order valence-corrected chi connectivity index (χ3v) is 3.46. The van der Waals surface area contributed by atoms with Crippen LogP contribution < -0.4 is 10.1 Å². The molecule has 1 amide bonds. The second kappa shape index (κ2) is 7.33. The fourth-order valence-electron chi connectivity index (χ4n) is 2.37. The summed E-state index contributed by atoms with van der Waals surface area (Å²) in [5.41, 5.74) is 2.49. The van der Waals surface area contributed by atoms with Gasteiger partial charge in [0.25, 0.3) is 5.91 Å². The Morgan fingerprint density at radius 3 is 2.46 bits per heavy atom. The molecule has 4 nitrogen and oxygen atoms in total. The minimum Gasteiger partial charge on any atom is -0.508 e. The van der Waals surface area contributed by atoms with E-state index in [1.54, 1.807) is 18.2 Å². The van der Waals surface area contributed by atoms with E-state index < -0.39 is 0 Å². The molecule has 0 aliphatic carbocycles. The molecule has 0 atom stereocenters. The number of aromatic hydroxyl groups is 1. The summed E-state index contributed by atoms with van der Waals surface area (Å²) in [4.78, 5) is 12.0. The third kappa shape index (κ3) is 3.93. The topological polar surface area (TPSA) is 58.6 Å². The van der Waals surface area contributed by atoms with Crippen LogP contribution >= 0.6 is 0 Å². The number of hydrogen-bond acceptors (Lipinski definition) is 3. The monoisotopic (exact) mass is 319 g/mol. The van der Waals surface area contributed by atoms with Gasteiger partial charge in [-0.25, -0.2) is 0 Å². The summed E-state index contributed by atoms with van der Waals surface area (Å²) < 4.78 is 5.68. The Morgan fingerprint density at radius 2 is 1.67 bits per heavy atom. The van der Waals surface area contributed by atoms with E-state index in [2.05, 4.69) is 5.32 Å². The van der Waals surface area contributed by atoms with Crippen molar-refractivity contribution in [2.24, 2.45) is 0 Å². The summed E-state index contributed by atoms with van der Waals surface area (Å²) in [6.07, 6.45) is 0. The minimum atomic E-state index is -0.288. The van der Waals surface area contributed by atoms with Crippen LogP contribution in [-0.4, -0.2) is 17.6 Å². The van der Waals surface area contributed by atoms with Crippen molar-refractivity contribution in [1.29, 1.82) is 0 Å². The summed E-state index contributed by atoms with van der Waals surface area (Å²) >= 11 is 0. The van der Waals surface area contributed by atoms with Crippen LogP contribution in [0.4, 0.5) is 5.69 Å². The fourth-order valence-corrected chi connectivity index (χ4v) is 2.37. The van der Waals surface area contributed by atoms with Crippen LogP contribution in [0.5, 0.6) is 11.5 Å². The number of phenols is 1. The van der Waals surface area contributed by atoms with Crippen LogP contribution in [0.15, 0.2) is 78.9 Å². The van der Waals surface area contributed by atoms with Gasteiger partial charge in [0.05, 0.1) is 0 Å². The molecule has 120 valence electrons. The van der Waals surface area contributed by atoms with Gasteiger partial charge in [-0.05, 0) is 23.8 Å². The van der Waals surface area contributed by atoms with Gasteiger partial charge >= 0.3 is 0 Å². The van der Waals surface area contributed by atoms with Crippen LogP contribution in [0, 0.1) is 0 Å². The zero-order chi connectivity index (χ0) is 16.8. The van der Waals surface area contributed by atoms with Gasteiger partial charge in [-0.15, -0.1) is 0 Å². The molecule has 0 bridgehead atoms. The van der Waals surface area contributed by atoms with Gasteiger partial charge in [0, 0.05) is 17.3 Å². The Labute approximate surface area is 140 Å². The number of phenolic OH excluding ortho intramolecular Hbond substituents is 1. The highest BCUT2D eigenvalue weighted by molar-refractivity contribution is 5.92. The zero-order valence-corrected chi connectivity index (χ0v) is 13.0. The molecule has 0 aromatic heterocycles. The number of hydrogen-bond donors (Lipinski definition) is 2. The summed E-state index contributed by atoms with van der Waals surface area (Å²) in [7, 11) is 0. The number of amides is 1. The number of carbonyl (C=O) groups excluding carboxylic acids is 1. The van der Waals surface area contributed by atoms with E-state index >= 15 is 0 Å². The first-order chi connectivity index (χ1) is 11.7. The number of nitrogens with one attached hydrogen (secondary N) is 1. The molecule has 0 fully saturated rings. The summed E-state index contributed by atoms with van der Waals surface area (Å²) in [5, 5.41) is 12.1. The molecular formula is C20H17NO3. The van der Waals surface area contributed by atoms with Crippen molar-refractivity contribution in [2.45, 2.75) is 0 Å². The SMILES string of the molecule is O=C(COc1ccccc1-c1ccccc1)Nc1cccc(O)c1. The highest BCUT2D eigenvalue weighted by atomic mass is 16.5. The van der Waals surface area contributed by atoms with Gasteiger partial charge in [0.1, 0.15) is 11.5 Å². The van der Waals surface area contributed by atoms with Crippen molar-refractivity contribution in [1.82, 2.24) is 0 Å². The van der Waals surface area contributed by atoms with Crippen molar-refractivity contribution < 1.29 is 14.6 Å². The lowest BCUT2D eigenvalue weighted by atomic mass is 10.1. The average Bonchev–Trinajstić information content (AvgIpc) is 2.61. The Morgan fingerprint density at radius 1 is 0.917 bits per heavy atom. The number of benzene rings is 3. The van der Waals surface area contributed by atoms with Crippen molar-refractivity contribution in [3.05, 3.63) is 78.9 Å². The lowest BCUT2D eigenvalue weighted by molar-refractivity contribution is -0.118. The molecule has 0 radical (unpaired) electrons. The van der Waals surface area contributed by atoms with Gasteiger partial charge in [-0.3, -0.25) is 4.79 Å². The summed E-state index contributed by atoms with van der Waals surface area (Å²) in [5.74, 6) is 0.460. The predicted molar refractivity (Wildman–Crippen MR) is 94.1 cm³/mol. The zero-order valence-electron chi connectivity index (χ0n) is 13.0. The van der Waals surface area contributed by atoms with Crippen LogP contribution in [0.2, 0.25) is 0 Å². The maximum absolute atomic E-state index is 12.0. The number of carbonyl (C=O) groups is 1. The molecule has 0 saturated heterocycles. The number of anilines is 1. The summed E-state index contributed by atoms with van der Waals surface area (Å²) in [6.45, 7) is -0.112. The highest BCUT2D eigenvalue weighted by Crippen LogP contribution is 2.29. The first-order valence-electron chi connectivity index (χ1n) is 7.58. The first kappa shape index (κ1) is 15.6. The quantitative estimate of drug-likeness (QED) is 0.745. The number of rotatable bonds is 5. The fraction of sp³-hybridized carbons (Fsp3) is 0.0500. The molecule has 24 heavy (non-hydrogen) atoms. The van der Waals surface area contributed by atoms with Crippen LogP contribution in [0.3, 0.4) is 0 Å². The Balaban J connectivity index is 1.68. The molecule has 0 aliphatic heterocycles. The van der Waals surface area contributed by atoms with E-state index in [9.17, 15) is 9.90 Å². The van der Waals surface area contributed by atoms with Gasteiger partial charge in [-0.2, -0.15) is 0 Å². The number of para-hydroxylation sites is 1. The van der Waals surface area contributed by atoms with E-state index in [1.807, 2.05) is 54.6 Å². The van der Waals surface area contributed by atoms with Crippen molar-refractivity contribution in [2.75, 3.05) is 11.9 Å². The predicted octanol–water partition coefficient (Wildman–Crippen LogP) is 4.08. The first-order valence-corrected chi connectivity index (χ1v) is 7.58. The molecule has 0 saturated carbocycles. The van der Waals surface area contributed by atoms with E-state index in [0.29, 0.717) is 11.4 Å². The maximum atomic E-state index is 12.0. The molecule has 0 spiro atoms. The van der Waals surface area contributed by atoms with Crippen LogP contribution in [-0.2, 0) is 4.79 Å². The summed E-state index contributed by atoms with van der Waals surface area (Å²) in [6, 6.07) is 23.9.